The highest BCUT2D eigenvalue weighted by Crippen LogP contribution is 2.20. The van der Waals surface area contributed by atoms with Gasteiger partial charge in [0, 0.05) is 35.9 Å². The van der Waals surface area contributed by atoms with Crippen molar-refractivity contribution in [2.75, 3.05) is 13.1 Å². The minimum absolute atomic E-state index is 0.0114. The van der Waals surface area contributed by atoms with Crippen molar-refractivity contribution in [3.8, 4) is 17.6 Å². The molecule has 1 fully saturated rings. The number of hydrogen-bond donors (Lipinski definition) is 0. The normalized spacial score (nSPS) is 13.7. The first-order valence-electron chi connectivity index (χ1n) is 8.28. The summed E-state index contributed by atoms with van der Waals surface area (Å²) in [6.07, 6.45) is 5.37. The molecule has 1 aliphatic heterocycles. The standard InChI is InChI=1S/C20H16N4O2/c21-12-15-7-8-22-19(11-15)26-18-13-24(14-18)20(25)16-3-5-17(6-4-16)23-9-1-2-10-23/h1-11,18H,13-14H2. The first-order chi connectivity index (χ1) is 12.7. The summed E-state index contributed by atoms with van der Waals surface area (Å²) in [5.41, 5.74) is 2.17. The first kappa shape index (κ1) is 15.9. The Hall–Kier alpha value is -3.59. The molecule has 6 heteroatoms. The van der Waals surface area contributed by atoms with Gasteiger partial charge < -0.3 is 14.2 Å². The van der Waals surface area contributed by atoms with Gasteiger partial charge in [-0.15, -0.1) is 0 Å². The van der Waals surface area contributed by atoms with E-state index in [1.165, 1.54) is 0 Å². The van der Waals surface area contributed by atoms with E-state index in [2.05, 4.69) is 11.1 Å². The molecule has 0 N–H and O–H groups in total. The van der Waals surface area contributed by atoms with Gasteiger partial charge in [0.25, 0.3) is 5.91 Å². The van der Waals surface area contributed by atoms with Crippen LogP contribution in [-0.4, -0.2) is 39.6 Å². The fraction of sp³-hybridized carbons (Fsp3) is 0.150. The number of carbonyl (C=O) groups excluding carboxylic acids is 1. The van der Waals surface area contributed by atoms with Crippen molar-refractivity contribution in [3.05, 3.63) is 78.2 Å². The molecular formula is C20H16N4O2. The van der Waals surface area contributed by atoms with E-state index in [1.807, 2.05) is 53.4 Å². The summed E-state index contributed by atoms with van der Waals surface area (Å²) < 4.78 is 7.71. The van der Waals surface area contributed by atoms with Crippen molar-refractivity contribution in [2.24, 2.45) is 0 Å². The van der Waals surface area contributed by atoms with Gasteiger partial charge in [-0.3, -0.25) is 4.79 Å². The molecule has 1 aliphatic rings. The lowest BCUT2D eigenvalue weighted by Gasteiger charge is -2.38. The predicted molar refractivity (Wildman–Crippen MR) is 95.0 cm³/mol. The van der Waals surface area contributed by atoms with Crippen LogP contribution in [0.15, 0.2) is 67.1 Å². The molecule has 26 heavy (non-hydrogen) atoms. The van der Waals surface area contributed by atoms with E-state index >= 15 is 0 Å². The molecule has 0 unspecified atom stereocenters. The Bertz CT molecular complexity index is 952. The number of benzene rings is 1. The van der Waals surface area contributed by atoms with Gasteiger partial charge in [-0.05, 0) is 42.5 Å². The first-order valence-corrected chi connectivity index (χ1v) is 8.28. The number of carbonyl (C=O) groups is 1. The van der Waals surface area contributed by atoms with Crippen molar-refractivity contribution in [1.82, 2.24) is 14.5 Å². The number of pyridine rings is 1. The molecule has 0 radical (unpaired) electrons. The average Bonchev–Trinajstić information content (AvgIpc) is 3.19. The summed E-state index contributed by atoms with van der Waals surface area (Å²) in [7, 11) is 0. The quantitative estimate of drug-likeness (QED) is 0.729. The van der Waals surface area contributed by atoms with Gasteiger partial charge in [0.15, 0.2) is 0 Å². The Labute approximate surface area is 150 Å². The van der Waals surface area contributed by atoms with Gasteiger partial charge >= 0.3 is 0 Å². The third-order valence-electron chi connectivity index (χ3n) is 4.30. The summed E-state index contributed by atoms with van der Waals surface area (Å²) in [4.78, 5) is 18.4. The summed E-state index contributed by atoms with van der Waals surface area (Å²) >= 11 is 0. The van der Waals surface area contributed by atoms with Gasteiger partial charge in [-0.2, -0.15) is 5.26 Å². The van der Waals surface area contributed by atoms with Crippen LogP contribution in [0.5, 0.6) is 5.88 Å². The van der Waals surface area contributed by atoms with Crippen LogP contribution >= 0.6 is 0 Å². The maximum Gasteiger partial charge on any atom is 0.254 e. The Morgan fingerprint density at radius 2 is 1.88 bits per heavy atom. The number of ether oxygens (including phenoxy) is 1. The predicted octanol–water partition coefficient (Wildman–Crippen LogP) is 2.65. The number of rotatable bonds is 4. The second-order valence-corrected chi connectivity index (χ2v) is 6.08. The summed E-state index contributed by atoms with van der Waals surface area (Å²) in [6, 6.07) is 16.7. The van der Waals surface area contributed by atoms with Gasteiger partial charge in [-0.1, -0.05) is 0 Å². The number of likely N-dealkylation sites (tertiary alicyclic amines) is 1. The number of hydrogen-bond acceptors (Lipinski definition) is 4. The van der Waals surface area contributed by atoms with Crippen molar-refractivity contribution in [1.29, 1.82) is 5.26 Å². The molecule has 0 spiro atoms. The van der Waals surface area contributed by atoms with Gasteiger partial charge in [0.1, 0.15) is 6.10 Å². The SMILES string of the molecule is N#Cc1ccnc(OC2CN(C(=O)c3ccc(-n4cccc4)cc3)C2)c1. The molecule has 128 valence electrons. The van der Waals surface area contributed by atoms with Crippen LogP contribution in [-0.2, 0) is 0 Å². The smallest absolute Gasteiger partial charge is 0.254 e. The van der Waals surface area contributed by atoms with Crippen LogP contribution in [0.25, 0.3) is 5.69 Å². The zero-order valence-corrected chi connectivity index (χ0v) is 13.9. The fourth-order valence-electron chi connectivity index (χ4n) is 2.86. The molecule has 1 aromatic carbocycles. The van der Waals surface area contributed by atoms with E-state index < -0.39 is 0 Å². The number of nitriles is 1. The van der Waals surface area contributed by atoms with Crippen molar-refractivity contribution in [2.45, 2.75) is 6.10 Å². The van der Waals surface area contributed by atoms with E-state index in [0.29, 0.717) is 30.1 Å². The maximum absolute atomic E-state index is 12.5. The second-order valence-electron chi connectivity index (χ2n) is 6.08. The van der Waals surface area contributed by atoms with Gasteiger partial charge in [0.05, 0.1) is 24.7 Å². The summed E-state index contributed by atoms with van der Waals surface area (Å²) in [5, 5.41) is 8.90. The summed E-state index contributed by atoms with van der Waals surface area (Å²) in [6.45, 7) is 1.02. The zero-order chi connectivity index (χ0) is 17.9. The lowest BCUT2D eigenvalue weighted by molar-refractivity contribution is 0.0160. The van der Waals surface area contributed by atoms with E-state index in [4.69, 9.17) is 10.00 Å². The monoisotopic (exact) mass is 344 g/mol. The highest BCUT2D eigenvalue weighted by atomic mass is 16.5. The number of amides is 1. The maximum atomic E-state index is 12.5. The molecule has 3 heterocycles. The number of aromatic nitrogens is 2. The lowest BCUT2D eigenvalue weighted by atomic mass is 10.1. The Morgan fingerprint density at radius 3 is 2.58 bits per heavy atom. The molecule has 6 nitrogen and oxygen atoms in total. The van der Waals surface area contributed by atoms with E-state index in [1.54, 1.807) is 23.2 Å². The largest absolute Gasteiger partial charge is 0.471 e. The topological polar surface area (TPSA) is 71.2 Å². The van der Waals surface area contributed by atoms with E-state index in [0.717, 1.165) is 5.69 Å². The fourth-order valence-corrected chi connectivity index (χ4v) is 2.86. The molecule has 0 aliphatic carbocycles. The Balaban J connectivity index is 1.35. The molecule has 1 amide bonds. The molecule has 0 saturated carbocycles. The molecule has 2 aromatic heterocycles. The molecule has 1 saturated heterocycles. The third kappa shape index (κ3) is 3.15. The molecule has 0 atom stereocenters. The lowest BCUT2D eigenvalue weighted by Crippen LogP contribution is -2.56. The highest BCUT2D eigenvalue weighted by molar-refractivity contribution is 5.95. The van der Waals surface area contributed by atoms with Crippen LogP contribution < -0.4 is 4.74 Å². The van der Waals surface area contributed by atoms with Crippen molar-refractivity contribution < 1.29 is 9.53 Å². The minimum atomic E-state index is -0.0976. The van der Waals surface area contributed by atoms with E-state index in [-0.39, 0.29) is 12.0 Å². The van der Waals surface area contributed by atoms with Crippen molar-refractivity contribution in [3.63, 3.8) is 0 Å². The Kier molecular flexibility index (Phi) is 4.12. The molecule has 4 rings (SSSR count). The van der Waals surface area contributed by atoms with Crippen LogP contribution in [0, 0.1) is 11.3 Å². The van der Waals surface area contributed by atoms with Gasteiger partial charge in [0.2, 0.25) is 5.88 Å². The van der Waals surface area contributed by atoms with Crippen LogP contribution in [0.2, 0.25) is 0 Å². The molecular weight excluding hydrogens is 328 g/mol. The molecule has 3 aromatic rings. The van der Waals surface area contributed by atoms with Crippen LogP contribution in [0.4, 0.5) is 0 Å². The number of nitrogens with zero attached hydrogens (tertiary/aromatic N) is 4. The van der Waals surface area contributed by atoms with Crippen LogP contribution in [0.1, 0.15) is 15.9 Å². The highest BCUT2D eigenvalue weighted by Gasteiger charge is 2.33. The third-order valence-corrected chi connectivity index (χ3v) is 4.30. The van der Waals surface area contributed by atoms with Crippen molar-refractivity contribution >= 4 is 5.91 Å². The zero-order valence-electron chi connectivity index (χ0n) is 13.9. The second kappa shape index (κ2) is 6.73. The molecule has 0 bridgehead atoms. The van der Waals surface area contributed by atoms with E-state index in [9.17, 15) is 4.79 Å². The average molecular weight is 344 g/mol. The van der Waals surface area contributed by atoms with Gasteiger partial charge in [-0.25, -0.2) is 4.98 Å². The summed E-state index contributed by atoms with van der Waals surface area (Å²) in [5.74, 6) is 0.403. The minimum Gasteiger partial charge on any atom is -0.471 e. The Morgan fingerprint density at radius 1 is 1.15 bits per heavy atom. The van der Waals surface area contributed by atoms with Crippen LogP contribution in [0.3, 0.4) is 0 Å².